The molecule has 0 saturated heterocycles. The minimum Gasteiger partial charge on any atom is -0.466 e. The first-order valence-corrected chi connectivity index (χ1v) is 8.50. The molecule has 0 aliphatic carbocycles. The lowest BCUT2D eigenvalue weighted by Gasteiger charge is -2.06. The summed E-state index contributed by atoms with van der Waals surface area (Å²) in [5, 5.41) is 3.33. The molecule has 1 aromatic carbocycles. The van der Waals surface area contributed by atoms with Crippen molar-refractivity contribution < 1.29 is 14.3 Å². The fraction of sp³-hybridized carbons (Fsp3) is 0.444. The Morgan fingerprint density at radius 2 is 2.00 bits per heavy atom. The topological polar surface area (TPSA) is 101 Å². The summed E-state index contributed by atoms with van der Waals surface area (Å²) in [6.07, 6.45) is 2.32. The molecule has 0 atom stereocenters. The summed E-state index contributed by atoms with van der Waals surface area (Å²) in [6.45, 7) is 2.58. The number of benzene rings is 1. The van der Waals surface area contributed by atoms with Crippen LogP contribution in [-0.2, 0) is 20.7 Å². The van der Waals surface area contributed by atoms with Gasteiger partial charge in [-0.25, -0.2) is 4.98 Å². The number of esters is 1. The van der Waals surface area contributed by atoms with Crippen LogP contribution in [0.15, 0.2) is 29.1 Å². The highest BCUT2D eigenvalue weighted by atomic mass is 16.5. The molecule has 2 aromatic rings. The number of aromatic amines is 1. The fourth-order valence-electron chi connectivity index (χ4n) is 2.45. The number of aromatic nitrogens is 2. The van der Waals surface area contributed by atoms with E-state index in [9.17, 15) is 14.4 Å². The summed E-state index contributed by atoms with van der Waals surface area (Å²) in [5.74, 6) is 0.258. The molecule has 2 N–H and O–H groups in total. The SMILES string of the molecule is CCOC(=O)CCCNC(=O)CCCc1nc2ccccc2c(=O)[nH]1. The number of rotatable bonds is 9. The maximum absolute atomic E-state index is 12.0. The van der Waals surface area contributed by atoms with Gasteiger partial charge in [-0.2, -0.15) is 0 Å². The lowest BCUT2D eigenvalue weighted by molar-refractivity contribution is -0.143. The number of nitrogens with one attached hydrogen (secondary N) is 2. The zero-order chi connectivity index (χ0) is 18.1. The van der Waals surface area contributed by atoms with Gasteiger partial charge in [0.15, 0.2) is 0 Å². The van der Waals surface area contributed by atoms with Crippen molar-refractivity contribution in [3.63, 3.8) is 0 Å². The standard InChI is InChI=1S/C18H23N3O4/c1-2-25-17(23)11-6-12-19-16(22)10-5-9-15-20-14-8-4-3-7-13(14)18(24)21-15/h3-4,7-8H,2,5-6,9-12H2,1H3,(H,19,22)(H,20,21,24). The number of hydrogen-bond donors (Lipinski definition) is 2. The van der Waals surface area contributed by atoms with Gasteiger partial charge in [-0.3, -0.25) is 14.4 Å². The Balaban J connectivity index is 1.71. The maximum Gasteiger partial charge on any atom is 0.305 e. The average Bonchev–Trinajstić information content (AvgIpc) is 2.59. The van der Waals surface area contributed by atoms with Crippen LogP contribution in [0, 0.1) is 0 Å². The second-order valence-corrected chi connectivity index (χ2v) is 5.64. The molecule has 25 heavy (non-hydrogen) atoms. The van der Waals surface area contributed by atoms with Crippen LogP contribution in [0.4, 0.5) is 0 Å². The number of ether oxygens (including phenoxy) is 1. The molecule has 1 heterocycles. The van der Waals surface area contributed by atoms with Crippen molar-refractivity contribution in [2.45, 2.75) is 39.0 Å². The quantitative estimate of drug-likeness (QED) is 0.532. The van der Waals surface area contributed by atoms with E-state index in [2.05, 4.69) is 15.3 Å². The van der Waals surface area contributed by atoms with Crippen molar-refractivity contribution >= 4 is 22.8 Å². The van der Waals surface area contributed by atoms with Gasteiger partial charge in [-0.05, 0) is 31.9 Å². The third-order valence-corrected chi connectivity index (χ3v) is 3.66. The fourth-order valence-corrected chi connectivity index (χ4v) is 2.45. The summed E-state index contributed by atoms with van der Waals surface area (Å²) in [7, 11) is 0. The van der Waals surface area contributed by atoms with Crippen molar-refractivity contribution in [2.24, 2.45) is 0 Å². The van der Waals surface area contributed by atoms with Crippen LogP contribution in [0.1, 0.15) is 38.4 Å². The van der Waals surface area contributed by atoms with Gasteiger partial charge in [0.25, 0.3) is 5.56 Å². The van der Waals surface area contributed by atoms with E-state index in [1.807, 2.05) is 6.07 Å². The van der Waals surface area contributed by atoms with Crippen LogP contribution in [0.5, 0.6) is 0 Å². The van der Waals surface area contributed by atoms with Gasteiger partial charge >= 0.3 is 5.97 Å². The second-order valence-electron chi connectivity index (χ2n) is 5.64. The Labute approximate surface area is 145 Å². The largest absolute Gasteiger partial charge is 0.466 e. The number of fused-ring (bicyclic) bond motifs is 1. The van der Waals surface area contributed by atoms with E-state index < -0.39 is 0 Å². The zero-order valence-electron chi connectivity index (χ0n) is 14.3. The Kier molecular flexibility index (Phi) is 7.13. The van der Waals surface area contributed by atoms with Gasteiger partial charge in [0.05, 0.1) is 17.5 Å². The lowest BCUT2D eigenvalue weighted by atomic mass is 10.2. The molecular formula is C18H23N3O4. The summed E-state index contributed by atoms with van der Waals surface area (Å²) in [4.78, 5) is 42.0. The molecule has 7 heteroatoms. The Morgan fingerprint density at radius 1 is 1.20 bits per heavy atom. The van der Waals surface area contributed by atoms with Crippen LogP contribution >= 0.6 is 0 Å². The predicted octanol–water partition coefficient (Wildman–Crippen LogP) is 1.71. The van der Waals surface area contributed by atoms with Crippen LogP contribution in [0.2, 0.25) is 0 Å². The lowest BCUT2D eigenvalue weighted by Crippen LogP contribution is -2.25. The van der Waals surface area contributed by atoms with E-state index >= 15 is 0 Å². The van der Waals surface area contributed by atoms with Crippen molar-refractivity contribution in [2.75, 3.05) is 13.2 Å². The van der Waals surface area contributed by atoms with E-state index in [0.29, 0.717) is 62.0 Å². The van der Waals surface area contributed by atoms with E-state index in [1.165, 1.54) is 0 Å². The molecule has 0 bridgehead atoms. The van der Waals surface area contributed by atoms with E-state index in [4.69, 9.17) is 4.74 Å². The van der Waals surface area contributed by atoms with Crippen molar-refractivity contribution in [3.05, 3.63) is 40.4 Å². The highest BCUT2D eigenvalue weighted by molar-refractivity contribution is 5.77. The minimum absolute atomic E-state index is 0.0769. The van der Waals surface area contributed by atoms with Gasteiger partial charge in [0.1, 0.15) is 5.82 Å². The molecule has 0 aliphatic heterocycles. The third kappa shape index (κ3) is 6.02. The van der Waals surface area contributed by atoms with E-state index in [-0.39, 0.29) is 17.4 Å². The number of carbonyl (C=O) groups excluding carboxylic acids is 2. The predicted molar refractivity (Wildman–Crippen MR) is 94.2 cm³/mol. The van der Waals surface area contributed by atoms with Gasteiger partial charge in [0, 0.05) is 25.8 Å². The zero-order valence-corrected chi connectivity index (χ0v) is 14.3. The van der Waals surface area contributed by atoms with Gasteiger partial charge in [0.2, 0.25) is 5.91 Å². The van der Waals surface area contributed by atoms with Gasteiger partial charge < -0.3 is 15.0 Å². The van der Waals surface area contributed by atoms with Crippen LogP contribution in [-0.4, -0.2) is 35.0 Å². The minimum atomic E-state index is -0.247. The molecule has 134 valence electrons. The van der Waals surface area contributed by atoms with Crippen LogP contribution in [0.3, 0.4) is 0 Å². The summed E-state index contributed by atoms with van der Waals surface area (Å²) in [5.41, 5.74) is 0.494. The van der Waals surface area contributed by atoms with E-state index in [0.717, 1.165) is 0 Å². The molecule has 0 aliphatic rings. The molecule has 1 amide bonds. The second kappa shape index (κ2) is 9.56. The number of aryl methyl sites for hydroxylation is 1. The van der Waals surface area contributed by atoms with Gasteiger partial charge in [-0.1, -0.05) is 12.1 Å². The smallest absolute Gasteiger partial charge is 0.305 e. The molecule has 0 saturated carbocycles. The van der Waals surface area contributed by atoms with Crippen molar-refractivity contribution in [1.29, 1.82) is 0 Å². The number of carbonyl (C=O) groups is 2. The number of hydrogen-bond acceptors (Lipinski definition) is 5. The molecule has 0 unspecified atom stereocenters. The first-order valence-electron chi connectivity index (χ1n) is 8.50. The molecule has 1 aromatic heterocycles. The van der Waals surface area contributed by atoms with Crippen molar-refractivity contribution in [1.82, 2.24) is 15.3 Å². The highest BCUT2D eigenvalue weighted by Crippen LogP contribution is 2.07. The Hall–Kier alpha value is -2.70. The van der Waals surface area contributed by atoms with E-state index in [1.54, 1.807) is 25.1 Å². The summed E-state index contributed by atoms with van der Waals surface area (Å²) >= 11 is 0. The number of para-hydroxylation sites is 1. The number of amides is 1. The molecule has 2 rings (SSSR count). The van der Waals surface area contributed by atoms with Crippen LogP contribution in [0.25, 0.3) is 10.9 Å². The molecular weight excluding hydrogens is 322 g/mol. The normalized spacial score (nSPS) is 10.6. The summed E-state index contributed by atoms with van der Waals surface area (Å²) in [6, 6.07) is 7.16. The molecule has 0 radical (unpaired) electrons. The maximum atomic E-state index is 12.0. The molecule has 0 spiro atoms. The first-order chi connectivity index (χ1) is 12.1. The first kappa shape index (κ1) is 18.6. The molecule has 7 nitrogen and oxygen atoms in total. The Bertz CT molecular complexity index is 785. The van der Waals surface area contributed by atoms with Crippen molar-refractivity contribution in [3.8, 4) is 0 Å². The average molecular weight is 345 g/mol. The molecule has 0 fully saturated rings. The highest BCUT2D eigenvalue weighted by Gasteiger charge is 2.06. The number of nitrogens with zero attached hydrogens (tertiary/aromatic N) is 1. The summed E-state index contributed by atoms with van der Waals surface area (Å²) < 4.78 is 4.82. The number of H-pyrrole nitrogens is 1. The van der Waals surface area contributed by atoms with Gasteiger partial charge in [-0.15, -0.1) is 0 Å². The van der Waals surface area contributed by atoms with Crippen LogP contribution < -0.4 is 10.9 Å². The monoisotopic (exact) mass is 345 g/mol. The Morgan fingerprint density at radius 3 is 2.80 bits per heavy atom. The third-order valence-electron chi connectivity index (χ3n) is 3.66.